The number of nitrogens with two attached hydrogens (primary N) is 1. The Balaban J connectivity index is 0.00000208. The molecule has 1 amide bonds. The molecule has 0 spiro atoms. The summed E-state index contributed by atoms with van der Waals surface area (Å²) in [6.07, 6.45) is 2.24. The van der Waals surface area contributed by atoms with Gasteiger partial charge in [0.1, 0.15) is 5.69 Å². The molecule has 3 rings (SSSR count). The summed E-state index contributed by atoms with van der Waals surface area (Å²) in [5, 5.41) is 4.05. The molecule has 5 nitrogen and oxygen atoms in total. The van der Waals surface area contributed by atoms with Crippen LogP contribution in [0.15, 0.2) is 30.5 Å². The summed E-state index contributed by atoms with van der Waals surface area (Å²) in [7, 11) is 0. The Hall–Kier alpha value is -1.99. The first-order valence-corrected chi connectivity index (χ1v) is 7.52. The van der Waals surface area contributed by atoms with Gasteiger partial charge in [0.05, 0.1) is 0 Å². The molecule has 0 aliphatic carbocycles. The summed E-state index contributed by atoms with van der Waals surface area (Å²) < 4.78 is 28.6. The second-order valence-electron chi connectivity index (χ2n) is 5.86. The first-order valence-electron chi connectivity index (χ1n) is 7.52. The molecule has 1 saturated heterocycles. The molecule has 130 valence electrons. The van der Waals surface area contributed by atoms with Crippen molar-refractivity contribution in [2.75, 3.05) is 13.1 Å². The van der Waals surface area contributed by atoms with Crippen molar-refractivity contribution in [2.45, 2.75) is 19.4 Å². The second-order valence-corrected chi connectivity index (χ2v) is 5.86. The summed E-state index contributed by atoms with van der Waals surface area (Å²) in [5.41, 5.74) is 5.54. The van der Waals surface area contributed by atoms with Crippen molar-refractivity contribution >= 4 is 18.3 Å². The van der Waals surface area contributed by atoms with Crippen LogP contribution in [-0.4, -0.2) is 39.7 Å². The minimum absolute atomic E-state index is 0. The summed E-state index contributed by atoms with van der Waals surface area (Å²) in [5.74, 6) is -1.43. The number of hydrogen-bond donors (Lipinski definition) is 1. The predicted octanol–water partition coefficient (Wildman–Crippen LogP) is 2.38. The molecule has 1 aromatic heterocycles. The lowest BCUT2D eigenvalue weighted by atomic mass is 10.1. The van der Waals surface area contributed by atoms with Gasteiger partial charge in [-0.05, 0) is 44.0 Å². The van der Waals surface area contributed by atoms with E-state index in [1.807, 2.05) is 6.92 Å². The molecule has 2 N–H and O–H groups in total. The van der Waals surface area contributed by atoms with Crippen LogP contribution in [-0.2, 0) is 0 Å². The minimum atomic E-state index is -0.732. The third kappa shape index (κ3) is 3.27. The number of amides is 1. The number of aromatic nitrogens is 2. The van der Waals surface area contributed by atoms with Crippen molar-refractivity contribution in [3.8, 4) is 5.69 Å². The van der Waals surface area contributed by atoms with Crippen LogP contribution in [0.3, 0.4) is 0 Å². The monoisotopic (exact) mass is 356 g/mol. The van der Waals surface area contributed by atoms with Crippen LogP contribution in [0, 0.1) is 17.6 Å². The van der Waals surface area contributed by atoms with E-state index in [2.05, 4.69) is 5.10 Å². The van der Waals surface area contributed by atoms with Gasteiger partial charge in [-0.15, -0.1) is 12.4 Å². The number of rotatable bonds is 3. The standard InChI is InChI=1S/C16H18F2N4O.ClH/c1-10-7-11(8-19)9-21(10)16(23)14-5-6-22(20-14)15-12(17)3-2-4-13(15)18;/h2-6,10-11H,7-9,19H2,1H3;1H. The summed E-state index contributed by atoms with van der Waals surface area (Å²) in [6, 6.07) is 5.12. The third-order valence-corrected chi connectivity index (χ3v) is 4.23. The average Bonchev–Trinajstić information content (AvgIpc) is 3.13. The van der Waals surface area contributed by atoms with Crippen LogP contribution in [0.4, 0.5) is 8.78 Å². The van der Waals surface area contributed by atoms with Crippen LogP contribution in [0.25, 0.3) is 5.69 Å². The van der Waals surface area contributed by atoms with E-state index in [1.54, 1.807) is 4.90 Å². The SMILES string of the molecule is CC1CC(CN)CN1C(=O)c1ccn(-c2c(F)cccc2F)n1.Cl. The molecule has 1 aliphatic heterocycles. The molecular weight excluding hydrogens is 338 g/mol. The largest absolute Gasteiger partial charge is 0.334 e. The van der Waals surface area contributed by atoms with E-state index in [4.69, 9.17) is 5.73 Å². The quantitative estimate of drug-likeness (QED) is 0.918. The van der Waals surface area contributed by atoms with Crippen LogP contribution in [0.1, 0.15) is 23.8 Å². The first kappa shape index (κ1) is 18.4. The van der Waals surface area contributed by atoms with Gasteiger partial charge in [-0.25, -0.2) is 13.5 Å². The van der Waals surface area contributed by atoms with Gasteiger partial charge in [-0.3, -0.25) is 4.79 Å². The zero-order chi connectivity index (χ0) is 16.6. The fraction of sp³-hybridized carbons (Fsp3) is 0.375. The van der Waals surface area contributed by atoms with Crippen LogP contribution < -0.4 is 5.73 Å². The molecule has 2 atom stereocenters. The number of carbonyl (C=O) groups excluding carboxylic acids is 1. The summed E-state index contributed by atoms with van der Waals surface area (Å²) in [4.78, 5) is 14.3. The summed E-state index contributed by atoms with van der Waals surface area (Å²) >= 11 is 0. The molecular formula is C16H19ClF2N4O. The van der Waals surface area contributed by atoms with E-state index < -0.39 is 11.6 Å². The minimum Gasteiger partial charge on any atom is -0.334 e. The molecule has 1 aromatic carbocycles. The van der Waals surface area contributed by atoms with Crippen molar-refractivity contribution in [3.05, 3.63) is 47.8 Å². The number of hydrogen-bond acceptors (Lipinski definition) is 3. The lowest BCUT2D eigenvalue weighted by Gasteiger charge is -2.20. The fourth-order valence-electron chi connectivity index (χ4n) is 3.01. The zero-order valence-electron chi connectivity index (χ0n) is 13.2. The Labute approximate surface area is 144 Å². The van der Waals surface area contributed by atoms with Gasteiger partial charge in [0, 0.05) is 18.8 Å². The van der Waals surface area contributed by atoms with Crippen molar-refractivity contribution in [1.82, 2.24) is 14.7 Å². The van der Waals surface area contributed by atoms with E-state index in [0.29, 0.717) is 13.1 Å². The molecule has 0 radical (unpaired) electrons. The number of likely N-dealkylation sites (tertiary alicyclic amines) is 1. The highest BCUT2D eigenvalue weighted by Crippen LogP contribution is 2.24. The number of nitrogens with zero attached hydrogens (tertiary/aromatic N) is 3. The number of benzene rings is 1. The Morgan fingerprint density at radius 3 is 2.58 bits per heavy atom. The van der Waals surface area contributed by atoms with Crippen molar-refractivity contribution in [2.24, 2.45) is 11.7 Å². The highest BCUT2D eigenvalue weighted by Gasteiger charge is 2.33. The maximum Gasteiger partial charge on any atom is 0.274 e. The smallest absolute Gasteiger partial charge is 0.274 e. The second kappa shape index (κ2) is 7.27. The highest BCUT2D eigenvalue weighted by molar-refractivity contribution is 5.92. The Morgan fingerprint density at radius 2 is 2.00 bits per heavy atom. The van der Waals surface area contributed by atoms with E-state index in [-0.39, 0.29) is 41.7 Å². The molecule has 1 fully saturated rings. The highest BCUT2D eigenvalue weighted by atomic mass is 35.5. The van der Waals surface area contributed by atoms with Gasteiger partial charge >= 0.3 is 0 Å². The maximum atomic E-state index is 13.8. The van der Waals surface area contributed by atoms with Gasteiger partial charge in [0.25, 0.3) is 5.91 Å². The summed E-state index contributed by atoms with van der Waals surface area (Å²) in [6.45, 7) is 3.07. The van der Waals surface area contributed by atoms with E-state index in [9.17, 15) is 13.6 Å². The van der Waals surface area contributed by atoms with Gasteiger partial charge in [0.15, 0.2) is 17.3 Å². The van der Waals surface area contributed by atoms with Gasteiger partial charge in [-0.2, -0.15) is 5.10 Å². The van der Waals surface area contributed by atoms with E-state index in [0.717, 1.165) is 23.2 Å². The first-order chi connectivity index (χ1) is 11.0. The van der Waals surface area contributed by atoms with Crippen molar-refractivity contribution < 1.29 is 13.6 Å². The lowest BCUT2D eigenvalue weighted by molar-refractivity contribution is 0.0737. The molecule has 2 aromatic rings. The molecule has 1 aliphatic rings. The topological polar surface area (TPSA) is 64.2 Å². The molecule has 0 saturated carbocycles. The Kier molecular flexibility index (Phi) is 5.56. The number of halogens is 3. The van der Waals surface area contributed by atoms with Crippen molar-refractivity contribution in [1.29, 1.82) is 0 Å². The third-order valence-electron chi connectivity index (χ3n) is 4.23. The predicted molar refractivity (Wildman–Crippen MR) is 88.4 cm³/mol. The Morgan fingerprint density at radius 1 is 1.33 bits per heavy atom. The Bertz CT molecular complexity index is 716. The molecule has 0 bridgehead atoms. The van der Waals surface area contributed by atoms with E-state index in [1.165, 1.54) is 18.3 Å². The number of para-hydroxylation sites is 1. The maximum absolute atomic E-state index is 13.8. The molecule has 2 heterocycles. The molecule has 24 heavy (non-hydrogen) atoms. The van der Waals surface area contributed by atoms with E-state index >= 15 is 0 Å². The lowest BCUT2D eigenvalue weighted by Crippen LogP contribution is -2.34. The zero-order valence-corrected chi connectivity index (χ0v) is 14.0. The molecule has 8 heteroatoms. The van der Waals surface area contributed by atoms with Crippen molar-refractivity contribution in [3.63, 3.8) is 0 Å². The van der Waals surface area contributed by atoms with Gasteiger partial charge < -0.3 is 10.6 Å². The van der Waals surface area contributed by atoms with Gasteiger partial charge in [-0.1, -0.05) is 6.07 Å². The van der Waals surface area contributed by atoms with Crippen LogP contribution in [0.5, 0.6) is 0 Å². The normalized spacial score (nSPS) is 20.1. The average molecular weight is 357 g/mol. The van der Waals surface area contributed by atoms with Crippen LogP contribution in [0.2, 0.25) is 0 Å². The van der Waals surface area contributed by atoms with Gasteiger partial charge in [0.2, 0.25) is 0 Å². The van der Waals surface area contributed by atoms with Crippen LogP contribution >= 0.6 is 12.4 Å². The molecule has 2 unspecified atom stereocenters. The number of carbonyl (C=O) groups is 1. The fourth-order valence-corrected chi connectivity index (χ4v) is 3.01.